The van der Waals surface area contributed by atoms with Gasteiger partial charge in [0.15, 0.2) is 0 Å². The third kappa shape index (κ3) is 6.83. The molecule has 0 N–H and O–H groups in total. The van der Waals surface area contributed by atoms with Crippen molar-refractivity contribution in [1.29, 1.82) is 0 Å². The molecule has 0 radical (unpaired) electrons. The van der Waals surface area contributed by atoms with Gasteiger partial charge in [-0.1, -0.05) is 37.4 Å². The van der Waals surface area contributed by atoms with Crippen molar-refractivity contribution in [3.05, 3.63) is 51.2 Å². The topological polar surface area (TPSA) is 0 Å². The molecule has 26 heavy (non-hydrogen) atoms. The minimum Gasteiger partial charge on any atom is -1.00 e. The van der Waals surface area contributed by atoms with E-state index in [4.69, 9.17) is 0 Å². The van der Waals surface area contributed by atoms with E-state index in [0.717, 1.165) is 6.42 Å². The zero-order valence-corrected chi connectivity index (χ0v) is 21.9. The molecule has 1 aliphatic carbocycles. The summed E-state index contributed by atoms with van der Waals surface area (Å²) < 4.78 is 0. The minimum absolute atomic E-state index is 0. The predicted molar refractivity (Wildman–Crippen MR) is 102 cm³/mol. The monoisotopic (exact) mass is 464 g/mol. The first-order valence-electron chi connectivity index (χ1n) is 8.83. The summed E-state index contributed by atoms with van der Waals surface area (Å²) in [5.41, 5.74) is 7.62. The maximum absolute atomic E-state index is 3.66. The summed E-state index contributed by atoms with van der Waals surface area (Å²) >= 11 is 0. The Kier molecular flexibility index (Phi) is 17.4. The molecule has 144 valence electrons. The molecule has 5 heteroatoms. The molecular weight excluding hydrogens is 435 g/mol. The van der Waals surface area contributed by atoms with Gasteiger partial charge in [0.05, 0.1) is 8.80 Å². The van der Waals surface area contributed by atoms with Crippen LogP contribution in [0.4, 0.5) is 0 Å². The van der Waals surface area contributed by atoms with Gasteiger partial charge in [-0.2, -0.15) is 6.08 Å². The van der Waals surface area contributed by atoms with E-state index in [1.807, 2.05) is 0 Å². The first kappa shape index (κ1) is 31.2. The van der Waals surface area contributed by atoms with Crippen LogP contribution in [0.15, 0.2) is 17.3 Å². The number of rotatable bonds is 6. The Hall–Kier alpha value is 0.501. The van der Waals surface area contributed by atoms with Crippen molar-refractivity contribution in [1.82, 2.24) is 0 Å². The van der Waals surface area contributed by atoms with Crippen molar-refractivity contribution >= 4 is 14.0 Å². The van der Waals surface area contributed by atoms with Gasteiger partial charge >= 0.3 is 21.7 Å². The molecule has 0 aliphatic heterocycles. The fraction of sp³-hybridized carbons (Fsp3) is 0.524. The quantitative estimate of drug-likeness (QED) is 0.229. The second-order valence-corrected chi connectivity index (χ2v) is 9.71. The average Bonchev–Trinajstić information content (AvgIpc) is 3.04. The molecule has 0 amide bonds. The smallest absolute Gasteiger partial charge is 1.00 e. The molecule has 0 bridgehead atoms. The molecule has 0 aromatic heterocycles. The van der Waals surface area contributed by atoms with Crippen molar-refractivity contribution in [2.24, 2.45) is 0 Å². The van der Waals surface area contributed by atoms with Crippen LogP contribution in [0, 0.1) is 40.7 Å². The molecule has 0 heterocycles. The zero-order valence-electron chi connectivity index (χ0n) is 16.9. The summed E-state index contributed by atoms with van der Waals surface area (Å²) in [4.78, 5) is 0. The number of allylic oxidation sites excluding steroid dienone is 4. The van der Waals surface area contributed by atoms with Crippen molar-refractivity contribution < 1.29 is 58.9 Å². The standard InChI is InChI=1S/C21H31Si.3ClH.Ti/c1-7-8-11-14-22(20-12-9-10-13-20)21-18(5)16(3)15(2)17(4)19(21)6;;;;/h9,12,22H,7-8,10-11,14H2,1-6H3;3*1H;/q-1;;;;+4/p-3. The summed E-state index contributed by atoms with van der Waals surface area (Å²) in [5.74, 6) is 0. The van der Waals surface area contributed by atoms with Crippen molar-refractivity contribution in [3.8, 4) is 0 Å². The fourth-order valence-corrected chi connectivity index (χ4v) is 7.59. The third-order valence-electron chi connectivity index (χ3n) is 5.60. The Balaban J connectivity index is -0.00000132. The van der Waals surface area contributed by atoms with Gasteiger partial charge in [-0.15, -0.1) is 6.42 Å². The van der Waals surface area contributed by atoms with Crippen LogP contribution in [0.2, 0.25) is 6.04 Å². The van der Waals surface area contributed by atoms with Crippen LogP contribution < -0.4 is 42.4 Å². The molecule has 1 unspecified atom stereocenters. The molecule has 0 fully saturated rings. The average molecular weight is 466 g/mol. The Morgan fingerprint density at radius 1 is 0.846 bits per heavy atom. The Bertz CT molecular complexity index is 595. The van der Waals surface area contributed by atoms with Gasteiger partial charge in [0.1, 0.15) is 0 Å². The van der Waals surface area contributed by atoms with Crippen LogP contribution in [-0.4, -0.2) is 8.80 Å². The van der Waals surface area contributed by atoms with Crippen LogP contribution in [0.1, 0.15) is 60.4 Å². The van der Waals surface area contributed by atoms with Crippen LogP contribution >= 0.6 is 0 Å². The van der Waals surface area contributed by atoms with Crippen molar-refractivity contribution in [2.45, 2.75) is 73.3 Å². The summed E-state index contributed by atoms with van der Waals surface area (Å²) in [7, 11) is -1.11. The summed E-state index contributed by atoms with van der Waals surface area (Å²) in [6.07, 6.45) is 13.4. The Morgan fingerprint density at radius 3 is 1.77 bits per heavy atom. The van der Waals surface area contributed by atoms with Gasteiger partial charge < -0.3 is 37.2 Å². The van der Waals surface area contributed by atoms with E-state index >= 15 is 0 Å². The van der Waals surface area contributed by atoms with Crippen molar-refractivity contribution in [2.75, 3.05) is 0 Å². The first-order chi connectivity index (χ1) is 10.5. The second kappa shape index (κ2) is 14.5. The van der Waals surface area contributed by atoms with E-state index in [-0.39, 0.29) is 58.9 Å². The maximum atomic E-state index is 3.66. The number of hydrogen-bond donors (Lipinski definition) is 0. The van der Waals surface area contributed by atoms with E-state index in [2.05, 4.69) is 59.8 Å². The Labute approximate surface area is 196 Å². The van der Waals surface area contributed by atoms with E-state index in [9.17, 15) is 0 Å². The van der Waals surface area contributed by atoms with Gasteiger partial charge in [-0.3, -0.25) is 6.08 Å². The number of hydrogen-bond acceptors (Lipinski definition) is 0. The molecule has 1 aromatic rings. The van der Waals surface area contributed by atoms with Gasteiger partial charge in [0.25, 0.3) is 0 Å². The SMILES string of the molecule is CCCCC[SiH](C1=[C-]CC=C1)c1c(C)c(C)c(C)c(C)c1C.[Cl-].[Cl-].[Cl-].[Ti+4]. The molecule has 1 aliphatic rings. The second-order valence-electron chi connectivity index (χ2n) is 6.83. The maximum Gasteiger partial charge on any atom is 4.00 e. The summed E-state index contributed by atoms with van der Waals surface area (Å²) in [5, 5.41) is 3.27. The molecule has 1 aromatic carbocycles. The number of unbranched alkanes of at least 4 members (excludes halogenated alkanes) is 2. The molecule has 0 saturated carbocycles. The summed E-state index contributed by atoms with van der Waals surface area (Å²) in [6.45, 7) is 13.9. The van der Waals surface area contributed by atoms with Crippen molar-refractivity contribution in [3.63, 3.8) is 0 Å². The Morgan fingerprint density at radius 2 is 1.35 bits per heavy atom. The first-order valence-corrected chi connectivity index (χ1v) is 10.8. The number of benzene rings is 1. The van der Waals surface area contributed by atoms with Gasteiger partial charge in [-0.25, -0.2) is 11.3 Å². The molecule has 2 rings (SSSR count). The summed E-state index contributed by atoms with van der Waals surface area (Å²) in [6, 6.07) is 1.39. The molecule has 1 atom stereocenters. The largest absolute Gasteiger partial charge is 4.00 e. The molecular formula is C21H31Cl3SiTi. The van der Waals surface area contributed by atoms with E-state index in [1.165, 1.54) is 42.0 Å². The molecule has 0 nitrogen and oxygen atoms in total. The van der Waals surface area contributed by atoms with Gasteiger partial charge in [-0.05, 0) is 62.4 Å². The van der Waals surface area contributed by atoms with E-state index in [1.54, 1.807) is 21.5 Å². The minimum atomic E-state index is -1.11. The normalized spacial score (nSPS) is 12.9. The van der Waals surface area contributed by atoms with Crippen LogP contribution in [0.25, 0.3) is 0 Å². The zero-order chi connectivity index (χ0) is 16.3. The van der Waals surface area contributed by atoms with E-state index in [0.29, 0.717) is 0 Å². The number of halogens is 3. The van der Waals surface area contributed by atoms with Crippen LogP contribution in [0.3, 0.4) is 0 Å². The van der Waals surface area contributed by atoms with Crippen LogP contribution in [-0.2, 0) is 21.7 Å². The van der Waals surface area contributed by atoms with Crippen LogP contribution in [0.5, 0.6) is 0 Å². The third-order valence-corrected chi connectivity index (χ3v) is 9.30. The predicted octanol–water partition coefficient (Wildman–Crippen LogP) is -3.91. The van der Waals surface area contributed by atoms with E-state index < -0.39 is 8.80 Å². The molecule has 0 spiro atoms. The molecule has 0 saturated heterocycles. The van der Waals surface area contributed by atoms with Gasteiger partial charge in [0.2, 0.25) is 0 Å². The van der Waals surface area contributed by atoms with Gasteiger partial charge in [0, 0.05) is 0 Å². The fourth-order valence-electron chi connectivity index (χ4n) is 3.77.